The summed E-state index contributed by atoms with van der Waals surface area (Å²) in [6, 6.07) is 12.1. The summed E-state index contributed by atoms with van der Waals surface area (Å²) in [5.41, 5.74) is 2.76. The van der Waals surface area contributed by atoms with Crippen LogP contribution < -0.4 is 5.32 Å². The summed E-state index contributed by atoms with van der Waals surface area (Å²) in [7, 11) is 0. The Morgan fingerprint density at radius 1 is 0.923 bits per heavy atom. The Kier molecular flexibility index (Phi) is 4.87. The SMILES string of the molecule is Cc1ccc(Nc2cc(Cl)nc(-c3ccc(C(F)(F)F)cc3)n2)c(C)c1. The van der Waals surface area contributed by atoms with Crippen LogP contribution in [0.4, 0.5) is 24.7 Å². The largest absolute Gasteiger partial charge is 0.416 e. The molecule has 0 atom stereocenters. The third-order valence-electron chi connectivity index (χ3n) is 3.81. The van der Waals surface area contributed by atoms with Crippen molar-refractivity contribution in [3.63, 3.8) is 0 Å². The molecule has 7 heteroatoms. The normalized spacial score (nSPS) is 11.5. The van der Waals surface area contributed by atoms with Gasteiger partial charge in [-0.15, -0.1) is 0 Å². The number of hydrogen-bond acceptors (Lipinski definition) is 3. The molecule has 3 aromatic rings. The second-order valence-electron chi connectivity index (χ2n) is 5.92. The number of hydrogen-bond donors (Lipinski definition) is 1. The molecule has 0 spiro atoms. The number of anilines is 2. The zero-order valence-electron chi connectivity index (χ0n) is 14.0. The van der Waals surface area contributed by atoms with E-state index in [1.165, 1.54) is 12.1 Å². The number of alkyl halides is 3. The first-order valence-corrected chi connectivity index (χ1v) is 8.17. The summed E-state index contributed by atoms with van der Waals surface area (Å²) in [5, 5.41) is 3.37. The molecule has 2 aromatic carbocycles. The summed E-state index contributed by atoms with van der Waals surface area (Å²) >= 11 is 6.06. The van der Waals surface area contributed by atoms with E-state index in [1.54, 1.807) is 6.07 Å². The first-order chi connectivity index (χ1) is 12.2. The molecule has 0 aliphatic heterocycles. The Balaban J connectivity index is 1.92. The van der Waals surface area contributed by atoms with E-state index >= 15 is 0 Å². The van der Waals surface area contributed by atoms with Gasteiger partial charge < -0.3 is 5.32 Å². The van der Waals surface area contributed by atoms with Crippen molar-refractivity contribution in [2.45, 2.75) is 20.0 Å². The van der Waals surface area contributed by atoms with Gasteiger partial charge in [-0.2, -0.15) is 13.2 Å². The lowest BCUT2D eigenvalue weighted by Crippen LogP contribution is -2.04. The molecule has 3 rings (SSSR count). The molecule has 0 saturated heterocycles. The summed E-state index contributed by atoms with van der Waals surface area (Å²) in [4.78, 5) is 8.47. The first kappa shape index (κ1) is 18.2. The third-order valence-corrected chi connectivity index (χ3v) is 4.00. The van der Waals surface area contributed by atoms with Crippen LogP contribution in [0.2, 0.25) is 5.15 Å². The van der Waals surface area contributed by atoms with E-state index in [0.717, 1.165) is 28.9 Å². The van der Waals surface area contributed by atoms with Gasteiger partial charge in [0.25, 0.3) is 0 Å². The van der Waals surface area contributed by atoms with Crippen LogP contribution in [0.25, 0.3) is 11.4 Å². The monoisotopic (exact) mass is 377 g/mol. The molecule has 0 unspecified atom stereocenters. The first-order valence-electron chi connectivity index (χ1n) is 7.79. The summed E-state index contributed by atoms with van der Waals surface area (Å²) in [5.74, 6) is 0.713. The Morgan fingerprint density at radius 3 is 2.23 bits per heavy atom. The average Bonchev–Trinajstić information content (AvgIpc) is 2.56. The number of halogens is 4. The minimum atomic E-state index is -4.39. The van der Waals surface area contributed by atoms with Crippen LogP contribution in [0.5, 0.6) is 0 Å². The fraction of sp³-hybridized carbons (Fsp3) is 0.158. The van der Waals surface area contributed by atoms with Gasteiger partial charge in [0.15, 0.2) is 5.82 Å². The van der Waals surface area contributed by atoms with Gasteiger partial charge in [0.1, 0.15) is 11.0 Å². The van der Waals surface area contributed by atoms with E-state index in [9.17, 15) is 13.2 Å². The molecule has 3 nitrogen and oxygen atoms in total. The van der Waals surface area contributed by atoms with Gasteiger partial charge in [-0.1, -0.05) is 41.4 Å². The van der Waals surface area contributed by atoms with Crippen molar-refractivity contribution in [3.8, 4) is 11.4 Å². The van der Waals surface area contributed by atoms with Crippen LogP contribution in [-0.2, 0) is 6.18 Å². The number of rotatable bonds is 3. The van der Waals surface area contributed by atoms with Gasteiger partial charge in [-0.3, -0.25) is 0 Å². The van der Waals surface area contributed by atoms with E-state index < -0.39 is 11.7 Å². The zero-order valence-corrected chi connectivity index (χ0v) is 14.8. The molecule has 134 valence electrons. The molecular weight excluding hydrogens is 363 g/mol. The van der Waals surface area contributed by atoms with Crippen LogP contribution in [0.1, 0.15) is 16.7 Å². The standard InChI is InChI=1S/C19H15ClF3N3/c1-11-3-8-15(12(2)9-11)24-17-10-16(20)25-18(26-17)13-4-6-14(7-5-13)19(21,22)23/h3-10H,1-2H3,(H,24,25,26). The molecule has 0 radical (unpaired) electrons. The Morgan fingerprint density at radius 2 is 1.62 bits per heavy atom. The summed E-state index contributed by atoms with van der Waals surface area (Å²) < 4.78 is 38.1. The lowest BCUT2D eigenvalue weighted by molar-refractivity contribution is -0.137. The van der Waals surface area contributed by atoms with Crippen molar-refractivity contribution in [1.29, 1.82) is 0 Å². The van der Waals surface area contributed by atoms with Gasteiger partial charge >= 0.3 is 6.18 Å². The minimum Gasteiger partial charge on any atom is -0.340 e. The number of nitrogens with one attached hydrogen (secondary N) is 1. The number of aromatic nitrogens is 2. The van der Waals surface area contributed by atoms with Gasteiger partial charge in [0.05, 0.1) is 5.56 Å². The maximum absolute atomic E-state index is 12.7. The molecule has 0 aliphatic rings. The highest BCUT2D eigenvalue weighted by atomic mass is 35.5. The number of aryl methyl sites for hydroxylation is 2. The molecule has 0 bridgehead atoms. The van der Waals surface area contributed by atoms with Crippen LogP contribution >= 0.6 is 11.6 Å². The fourth-order valence-corrected chi connectivity index (χ4v) is 2.69. The van der Waals surface area contributed by atoms with Crippen LogP contribution in [-0.4, -0.2) is 9.97 Å². The predicted molar refractivity (Wildman–Crippen MR) is 96.7 cm³/mol. The van der Waals surface area contributed by atoms with E-state index in [-0.39, 0.29) is 11.0 Å². The predicted octanol–water partition coefficient (Wildman–Crippen LogP) is 6.18. The number of benzene rings is 2. The van der Waals surface area contributed by atoms with Crippen LogP contribution in [0.15, 0.2) is 48.5 Å². The Bertz CT molecular complexity index is 938. The highest BCUT2D eigenvalue weighted by Gasteiger charge is 2.30. The van der Waals surface area contributed by atoms with E-state index in [4.69, 9.17) is 11.6 Å². The highest BCUT2D eigenvalue weighted by molar-refractivity contribution is 6.29. The van der Waals surface area contributed by atoms with E-state index in [0.29, 0.717) is 11.4 Å². The minimum absolute atomic E-state index is 0.196. The molecule has 26 heavy (non-hydrogen) atoms. The Labute approximate surface area is 153 Å². The lowest BCUT2D eigenvalue weighted by atomic mass is 10.1. The summed E-state index contributed by atoms with van der Waals surface area (Å²) in [6.07, 6.45) is -4.39. The van der Waals surface area contributed by atoms with Gasteiger partial charge in [0.2, 0.25) is 0 Å². The van der Waals surface area contributed by atoms with Crippen molar-refractivity contribution >= 4 is 23.1 Å². The maximum atomic E-state index is 12.7. The second-order valence-corrected chi connectivity index (χ2v) is 6.31. The molecular formula is C19H15ClF3N3. The van der Waals surface area contributed by atoms with Crippen molar-refractivity contribution in [1.82, 2.24) is 9.97 Å². The fourth-order valence-electron chi connectivity index (χ4n) is 2.51. The Hall–Kier alpha value is -2.60. The van der Waals surface area contributed by atoms with Crippen LogP contribution in [0, 0.1) is 13.8 Å². The van der Waals surface area contributed by atoms with Gasteiger partial charge in [0, 0.05) is 17.3 Å². The molecule has 1 N–H and O–H groups in total. The number of nitrogens with zero attached hydrogens (tertiary/aromatic N) is 2. The molecule has 0 saturated carbocycles. The van der Waals surface area contributed by atoms with E-state index in [2.05, 4.69) is 15.3 Å². The second kappa shape index (κ2) is 6.96. The average molecular weight is 378 g/mol. The van der Waals surface area contributed by atoms with Crippen molar-refractivity contribution < 1.29 is 13.2 Å². The topological polar surface area (TPSA) is 37.8 Å². The summed E-state index contributed by atoms with van der Waals surface area (Å²) in [6.45, 7) is 3.97. The quantitative estimate of drug-likeness (QED) is 0.554. The van der Waals surface area contributed by atoms with Crippen molar-refractivity contribution in [2.24, 2.45) is 0 Å². The molecule has 1 aromatic heterocycles. The van der Waals surface area contributed by atoms with Crippen molar-refractivity contribution in [2.75, 3.05) is 5.32 Å². The van der Waals surface area contributed by atoms with Crippen molar-refractivity contribution in [3.05, 3.63) is 70.4 Å². The molecule has 0 fully saturated rings. The molecule has 0 aliphatic carbocycles. The smallest absolute Gasteiger partial charge is 0.340 e. The maximum Gasteiger partial charge on any atom is 0.416 e. The molecule has 1 heterocycles. The molecule has 0 amide bonds. The third kappa shape index (κ3) is 4.14. The highest BCUT2D eigenvalue weighted by Crippen LogP contribution is 2.31. The van der Waals surface area contributed by atoms with Gasteiger partial charge in [-0.05, 0) is 37.6 Å². The van der Waals surface area contributed by atoms with Crippen LogP contribution in [0.3, 0.4) is 0 Å². The van der Waals surface area contributed by atoms with E-state index in [1.807, 2.05) is 32.0 Å². The zero-order chi connectivity index (χ0) is 18.9. The van der Waals surface area contributed by atoms with Gasteiger partial charge in [-0.25, -0.2) is 9.97 Å². The lowest BCUT2D eigenvalue weighted by Gasteiger charge is -2.11.